The molecule has 0 aliphatic heterocycles. The lowest BCUT2D eigenvalue weighted by molar-refractivity contribution is 0.171. The van der Waals surface area contributed by atoms with Crippen LogP contribution in [-0.2, 0) is 26.2 Å². The molecular weight excluding hydrogens is 710 g/mol. The van der Waals surface area contributed by atoms with Crippen LogP contribution >= 0.6 is 46.4 Å². The number of hydrogen-bond acceptors (Lipinski definition) is 2. The maximum absolute atomic E-state index is 6.30. The molecular formula is C45H40Cl4N2. The largest absolute Gasteiger partial charge is 0.295 e. The zero-order valence-electron chi connectivity index (χ0n) is 28.3. The van der Waals surface area contributed by atoms with Gasteiger partial charge < -0.3 is 0 Å². The van der Waals surface area contributed by atoms with Gasteiger partial charge in [0.05, 0.1) is 0 Å². The zero-order valence-corrected chi connectivity index (χ0v) is 31.3. The third-order valence-electron chi connectivity index (χ3n) is 8.98. The summed E-state index contributed by atoms with van der Waals surface area (Å²) in [5.74, 6) is 0. The predicted octanol–water partition coefficient (Wildman–Crippen LogP) is 13.1. The fourth-order valence-electron chi connectivity index (χ4n) is 6.20. The van der Waals surface area contributed by atoms with Gasteiger partial charge in [-0.15, -0.1) is 0 Å². The van der Waals surface area contributed by atoms with E-state index in [1.54, 1.807) is 0 Å². The summed E-state index contributed by atoms with van der Waals surface area (Å²) >= 11 is 25.1. The highest BCUT2D eigenvalue weighted by molar-refractivity contribution is 6.31. The molecule has 0 saturated carbocycles. The van der Waals surface area contributed by atoms with E-state index in [9.17, 15) is 0 Å². The van der Waals surface area contributed by atoms with Gasteiger partial charge in [0.1, 0.15) is 0 Å². The van der Waals surface area contributed by atoms with Crippen molar-refractivity contribution in [3.8, 4) is 11.1 Å². The van der Waals surface area contributed by atoms with Crippen LogP contribution in [0.1, 0.15) is 34.2 Å². The summed E-state index contributed by atoms with van der Waals surface area (Å²) < 4.78 is 0. The van der Waals surface area contributed by atoms with Crippen molar-refractivity contribution in [3.63, 3.8) is 0 Å². The average Bonchev–Trinajstić information content (AvgIpc) is 3.15. The Morgan fingerprint density at radius 1 is 0.431 bits per heavy atom. The molecule has 2 nitrogen and oxygen atoms in total. The molecule has 6 heteroatoms. The molecule has 0 unspecified atom stereocenters. The van der Waals surface area contributed by atoms with Crippen LogP contribution in [0.5, 0.6) is 0 Å². The van der Waals surface area contributed by atoms with Gasteiger partial charge in [0.2, 0.25) is 0 Å². The minimum atomic E-state index is 0.114. The van der Waals surface area contributed by atoms with Gasteiger partial charge in [-0.2, -0.15) is 0 Å². The number of nitrogens with zero attached hydrogens (tertiary/aromatic N) is 2. The van der Waals surface area contributed by atoms with Crippen molar-refractivity contribution in [1.82, 2.24) is 9.80 Å². The molecule has 51 heavy (non-hydrogen) atoms. The third-order valence-corrected chi connectivity index (χ3v) is 9.98. The Morgan fingerprint density at radius 3 is 1.25 bits per heavy atom. The molecule has 6 aromatic rings. The quantitative estimate of drug-likeness (QED) is 0.103. The van der Waals surface area contributed by atoms with E-state index in [0.29, 0.717) is 0 Å². The smallest absolute Gasteiger partial charge is 0.0406 e. The molecule has 0 aliphatic rings. The molecule has 0 N–H and O–H groups in total. The fraction of sp³-hybridized carbons (Fsp3) is 0.156. The summed E-state index contributed by atoms with van der Waals surface area (Å²) in [5.41, 5.74) is 8.44. The van der Waals surface area contributed by atoms with Crippen LogP contribution in [0.4, 0.5) is 0 Å². The van der Waals surface area contributed by atoms with E-state index in [1.165, 1.54) is 33.4 Å². The topological polar surface area (TPSA) is 6.48 Å². The van der Waals surface area contributed by atoms with Gasteiger partial charge in [0.25, 0.3) is 0 Å². The number of halogens is 4. The first-order valence-electron chi connectivity index (χ1n) is 17.1. The fourth-order valence-corrected chi connectivity index (χ4v) is 6.71. The highest BCUT2D eigenvalue weighted by Gasteiger charge is 2.20. The van der Waals surface area contributed by atoms with Crippen LogP contribution in [0.2, 0.25) is 20.1 Å². The highest BCUT2D eigenvalue weighted by Crippen LogP contribution is 2.24. The van der Waals surface area contributed by atoms with Crippen LogP contribution in [-0.4, -0.2) is 22.4 Å². The van der Waals surface area contributed by atoms with E-state index in [2.05, 4.69) is 119 Å². The molecule has 0 radical (unpaired) electrons. The van der Waals surface area contributed by atoms with E-state index < -0.39 is 0 Å². The monoisotopic (exact) mass is 748 g/mol. The summed E-state index contributed by atoms with van der Waals surface area (Å²) in [6.45, 7) is 3.98. The minimum Gasteiger partial charge on any atom is -0.295 e. The van der Waals surface area contributed by atoms with Crippen molar-refractivity contribution >= 4 is 52.5 Å². The number of rotatable bonds is 15. The van der Waals surface area contributed by atoms with E-state index in [4.69, 9.17) is 46.4 Å². The molecule has 0 amide bonds. The SMILES string of the molecule is Clc1ccc(CN(CC[C@@H](/C=C/c2ccc(-c3ccccc3)cc2)N(Cc2ccc(Cl)cc2)Cc2ccc(Cl)cc2)Cc2ccc(Cl)cc2)cc1. The van der Waals surface area contributed by atoms with Crippen molar-refractivity contribution < 1.29 is 0 Å². The molecule has 0 saturated heterocycles. The Hall–Kier alpha value is -3.86. The standard InChI is InChI=1S/C45H40Cl4N2/c46-41-19-8-35(9-20-41)30-50(31-36-10-21-42(47)22-11-36)29-28-45(27-16-34-6-17-40(18-7-34)39-4-2-1-3-5-39)51(32-37-12-23-43(48)24-13-37)33-38-14-25-44(49)26-15-38/h1-27,45H,28-33H2/b27-16+/t45-/m1/s1. The molecule has 0 bridgehead atoms. The van der Waals surface area contributed by atoms with Gasteiger partial charge in [-0.25, -0.2) is 0 Å². The van der Waals surface area contributed by atoms with Crippen LogP contribution in [0.25, 0.3) is 17.2 Å². The number of benzene rings is 6. The van der Waals surface area contributed by atoms with Crippen LogP contribution in [0.15, 0.2) is 158 Å². The van der Waals surface area contributed by atoms with Crippen molar-refractivity contribution in [3.05, 3.63) is 206 Å². The number of hydrogen-bond donors (Lipinski definition) is 0. The maximum atomic E-state index is 6.30. The van der Waals surface area contributed by atoms with Gasteiger partial charge in [0.15, 0.2) is 0 Å². The third kappa shape index (κ3) is 11.6. The van der Waals surface area contributed by atoms with Gasteiger partial charge in [-0.1, -0.05) is 162 Å². The lowest BCUT2D eigenvalue weighted by Crippen LogP contribution is -2.36. The Bertz CT molecular complexity index is 1860. The summed E-state index contributed by atoms with van der Waals surface area (Å²) in [4.78, 5) is 5.05. The van der Waals surface area contributed by atoms with Crippen molar-refractivity contribution in [2.45, 2.75) is 38.6 Å². The molecule has 0 fully saturated rings. The van der Waals surface area contributed by atoms with Crippen molar-refractivity contribution in [2.24, 2.45) is 0 Å². The summed E-state index contributed by atoms with van der Waals surface area (Å²) in [7, 11) is 0. The molecule has 6 aromatic carbocycles. The average molecular weight is 751 g/mol. The normalized spacial score (nSPS) is 12.2. The van der Waals surface area contributed by atoms with Gasteiger partial charge in [0, 0.05) is 58.9 Å². The van der Waals surface area contributed by atoms with Crippen LogP contribution < -0.4 is 0 Å². The van der Waals surface area contributed by atoms with Gasteiger partial charge in [-0.05, 0) is 93.9 Å². The summed E-state index contributed by atoms with van der Waals surface area (Å²) in [6, 6.07) is 52.1. The van der Waals surface area contributed by atoms with Gasteiger partial charge >= 0.3 is 0 Å². The van der Waals surface area contributed by atoms with Crippen LogP contribution in [0, 0.1) is 0 Å². The van der Waals surface area contributed by atoms with E-state index in [1.807, 2.05) is 54.6 Å². The van der Waals surface area contributed by atoms with Crippen LogP contribution in [0.3, 0.4) is 0 Å². The first kappa shape index (κ1) is 36.9. The Morgan fingerprint density at radius 2 is 0.824 bits per heavy atom. The zero-order chi connectivity index (χ0) is 35.4. The predicted molar refractivity (Wildman–Crippen MR) is 218 cm³/mol. The first-order valence-corrected chi connectivity index (χ1v) is 18.7. The summed E-state index contributed by atoms with van der Waals surface area (Å²) in [5, 5.41) is 2.95. The maximum Gasteiger partial charge on any atom is 0.0406 e. The van der Waals surface area contributed by atoms with E-state index in [-0.39, 0.29) is 6.04 Å². The lowest BCUT2D eigenvalue weighted by atomic mass is 10.0. The lowest BCUT2D eigenvalue weighted by Gasteiger charge is -2.32. The second-order valence-electron chi connectivity index (χ2n) is 12.8. The Balaban J connectivity index is 1.31. The second kappa shape index (κ2) is 18.6. The molecule has 1 atom stereocenters. The molecule has 6 rings (SSSR count). The molecule has 0 aliphatic carbocycles. The summed E-state index contributed by atoms with van der Waals surface area (Å²) in [6.07, 6.45) is 5.53. The minimum absolute atomic E-state index is 0.114. The van der Waals surface area contributed by atoms with Crippen molar-refractivity contribution in [1.29, 1.82) is 0 Å². The van der Waals surface area contributed by atoms with Gasteiger partial charge in [-0.3, -0.25) is 9.80 Å². The molecule has 0 spiro atoms. The first-order chi connectivity index (χ1) is 24.9. The second-order valence-corrected chi connectivity index (χ2v) is 14.6. The highest BCUT2D eigenvalue weighted by atomic mass is 35.5. The molecule has 0 heterocycles. The Labute approximate surface area is 322 Å². The van der Waals surface area contributed by atoms with E-state index in [0.717, 1.165) is 64.8 Å². The molecule has 0 aromatic heterocycles. The molecule has 258 valence electrons. The Kier molecular flexibility index (Phi) is 13.4. The van der Waals surface area contributed by atoms with Crippen molar-refractivity contribution in [2.75, 3.05) is 6.54 Å². The van der Waals surface area contributed by atoms with E-state index >= 15 is 0 Å².